The van der Waals surface area contributed by atoms with Crippen molar-refractivity contribution in [3.63, 3.8) is 0 Å². The molecule has 0 saturated heterocycles. The minimum absolute atomic E-state index is 0.0294. The van der Waals surface area contributed by atoms with Crippen LogP contribution in [0, 0.1) is 5.82 Å². The Hall–Kier alpha value is -0.960. The maximum absolute atomic E-state index is 12.9. The molecule has 0 aliphatic rings. The molecule has 0 aliphatic heterocycles. The second-order valence-electron chi connectivity index (χ2n) is 2.13. The lowest BCUT2D eigenvalue weighted by atomic mass is 10.3. The van der Waals surface area contributed by atoms with Gasteiger partial charge in [-0.2, -0.15) is 0 Å². The summed E-state index contributed by atoms with van der Waals surface area (Å²) in [4.78, 5) is 0. The van der Waals surface area contributed by atoms with E-state index in [0.717, 1.165) is 0 Å². The maximum atomic E-state index is 12.9. The quantitative estimate of drug-likeness (QED) is 0.714. The van der Waals surface area contributed by atoms with Crippen molar-refractivity contribution < 1.29 is 13.9 Å². The average molecular weight is 191 g/mol. The molecule has 0 radical (unpaired) electrons. The lowest BCUT2D eigenvalue weighted by Gasteiger charge is -2.06. The highest BCUT2D eigenvalue weighted by Crippen LogP contribution is 2.31. The Morgan fingerprint density at radius 1 is 1.25 bits per heavy atom. The van der Waals surface area contributed by atoms with Crippen LogP contribution in [-0.2, 0) is 0 Å². The second-order valence-corrected chi connectivity index (χ2v) is 2.50. The Labute approximate surface area is 74.9 Å². The summed E-state index contributed by atoms with van der Waals surface area (Å²) in [5.74, 6) is 0.107. The number of rotatable bonds is 2. The molecule has 0 unspecified atom stereocenters. The van der Waals surface area contributed by atoms with Crippen LogP contribution in [-0.4, -0.2) is 14.2 Å². The Kier molecular flexibility index (Phi) is 2.76. The largest absolute Gasteiger partial charge is 0.497 e. The molecule has 1 rings (SSSR count). The average Bonchev–Trinajstić information content (AvgIpc) is 2.09. The molecule has 0 bridgehead atoms. The summed E-state index contributed by atoms with van der Waals surface area (Å²) < 4.78 is 22.6. The standard InChI is InChI=1S/C8H8ClFO2/c1-11-5-3-6(10)8(9)7(4-5)12-2/h3-4H,1-2H3. The molecule has 0 aromatic heterocycles. The minimum Gasteiger partial charge on any atom is -0.497 e. The molecule has 0 N–H and O–H groups in total. The van der Waals surface area contributed by atoms with Crippen LogP contribution in [0.1, 0.15) is 0 Å². The van der Waals surface area contributed by atoms with Gasteiger partial charge in [0.05, 0.1) is 14.2 Å². The minimum atomic E-state index is -0.548. The predicted molar refractivity (Wildman–Crippen MR) is 44.5 cm³/mol. The smallest absolute Gasteiger partial charge is 0.149 e. The van der Waals surface area contributed by atoms with Crippen molar-refractivity contribution in [2.24, 2.45) is 0 Å². The van der Waals surface area contributed by atoms with Gasteiger partial charge in [0, 0.05) is 12.1 Å². The third kappa shape index (κ3) is 1.61. The highest BCUT2D eigenvalue weighted by Gasteiger charge is 2.08. The summed E-state index contributed by atoms with van der Waals surface area (Å²) in [5.41, 5.74) is 0. The van der Waals surface area contributed by atoms with E-state index in [0.29, 0.717) is 5.75 Å². The first-order valence-corrected chi connectivity index (χ1v) is 3.64. The number of hydrogen-bond acceptors (Lipinski definition) is 2. The summed E-state index contributed by atoms with van der Waals surface area (Å²) in [5, 5.41) is -0.0294. The van der Waals surface area contributed by atoms with Crippen LogP contribution >= 0.6 is 11.6 Å². The van der Waals surface area contributed by atoms with E-state index in [1.54, 1.807) is 0 Å². The van der Waals surface area contributed by atoms with Crippen molar-refractivity contribution in [1.29, 1.82) is 0 Å². The molecule has 1 aromatic rings. The molecule has 0 spiro atoms. The monoisotopic (exact) mass is 190 g/mol. The van der Waals surface area contributed by atoms with Gasteiger partial charge in [-0.05, 0) is 0 Å². The SMILES string of the molecule is COc1cc(F)c(Cl)c(OC)c1. The molecule has 12 heavy (non-hydrogen) atoms. The number of halogens is 2. The highest BCUT2D eigenvalue weighted by molar-refractivity contribution is 6.32. The molecule has 0 amide bonds. The lowest BCUT2D eigenvalue weighted by molar-refractivity contribution is 0.389. The Bertz CT molecular complexity index is 289. The van der Waals surface area contributed by atoms with Crippen LogP contribution in [0.3, 0.4) is 0 Å². The van der Waals surface area contributed by atoms with E-state index in [4.69, 9.17) is 21.1 Å². The first-order valence-electron chi connectivity index (χ1n) is 3.26. The van der Waals surface area contributed by atoms with E-state index in [1.165, 1.54) is 26.4 Å². The van der Waals surface area contributed by atoms with E-state index >= 15 is 0 Å². The molecule has 0 heterocycles. The summed E-state index contributed by atoms with van der Waals surface area (Å²) in [6, 6.07) is 2.72. The molecule has 66 valence electrons. The van der Waals surface area contributed by atoms with E-state index in [-0.39, 0.29) is 10.8 Å². The fraction of sp³-hybridized carbons (Fsp3) is 0.250. The van der Waals surface area contributed by atoms with Gasteiger partial charge < -0.3 is 9.47 Å². The molecular weight excluding hydrogens is 183 g/mol. The number of hydrogen-bond donors (Lipinski definition) is 0. The van der Waals surface area contributed by atoms with Crippen LogP contribution in [0.2, 0.25) is 5.02 Å². The van der Waals surface area contributed by atoms with Crippen LogP contribution in [0.15, 0.2) is 12.1 Å². The summed E-state index contributed by atoms with van der Waals surface area (Å²) in [6.07, 6.45) is 0. The molecule has 2 nitrogen and oxygen atoms in total. The molecule has 0 aliphatic carbocycles. The molecule has 0 saturated carbocycles. The van der Waals surface area contributed by atoms with Crippen LogP contribution in [0.5, 0.6) is 11.5 Å². The molecule has 0 fully saturated rings. The van der Waals surface area contributed by atoms with E-state index in [2.05, 4.69) is 0 Å². The molecule has 0 atom stereocenters. The zero-order chi connectivity index (χ0) is 9.14. The topological polar surface area (TPSA) is 18.5 Å². The van der Waals surface area contributed by atoms with Gasteiger partial charge in [0.1, 0.15) is 22.3 Å². The lowest BCUT2D eigenvalue weighted by Crippen LogP contribution is -1.90. The summed E-state index contributed by atoms with van der Waals surface area (Å²) >= 11 is 5.57. The second kappa shape index (κ2) is 3.63. The third-order valence-electron chi connectivity index (χ3n) is 1.42. The fourth-order valence-electron chi connectivity index (χ4n) is 0.807. The van der Waals surface area contributed by atoms with Crippen molar-refractivity contribution in [2.75, 3.05) is 14.2 Å². The Morgan fingerprint density at radius 2 is 1.92 bits per heavy atom. The Balaban J connectivity index is 3.19. The van der Waals surface area contributed by atoms with Crippen molar-refractivity contribution in [3.05, 3.63) is 23.0 Å². The normalized spacial score (nSPS) is 9.67. The van der Waals surface area contributed by atoms with Crippen LogP contribution in [0.25, 0.3) is 0 Å². The molecular formula is C8H8ClFO2. The van der Waals surface area contributed by atoms with Crippen molar-refractivity contribution in [2.45, 2.75) is 0 Å². The molecule has 4 heteroatoms. The first-order chi connectivity index (χ1) is 5.69. The van der Waals surface area contributed by atoms with Crippen LogP contribution in [0.4, 0.5) is 4.39 Å². The van der Waals surface area contributed by atoms with Gasteiger partial charge in [-0.15, -0.1) is 0 Å². The van der Waals surface area contributed by atoms with Gasteiger partial charge in [0.2, 0.25) is 0 Å². The van der Waals surface area contributed by atoms with Crippen molar-refractivity contribution >= 4 is 11.6 Å². The van der Waals surface area contributed by atoms with Gasteiger partial charge >= 0.3 is 0 Å². The Morgan fingerprint density at radius 3 is 2.42 bits per heavy atom. The predicted octanol–water partition coefficient (Wildman–Crippen LogP) is 2.50. The van der Waals surface area contributed by atoms with E-state index in [9.17, 15) is 4.39 Å². The summed E-state index contributed by atoms with van der Waals surface area (Å²) in [6.45, 7) is 0. The van der Waals surface area contributed by atoms with E-state index in [1.807, 2.05) is 0 Å². The number of methoxy groups -OCH3 is 2. The summed E-state index contributed by atoms with van der Waals surface area (Å²) in [7, 11) is 2.86. The van der Waals surface area contributed by atoms with Gasteiger partial charge in [0.25, 0.3) is 0 Å². The fourth-order valence-corrected chi connectivity index (χ4v) is 0.993. The van der Waals surface area contributed by atoms with Crippen LogP contribution < -0.4 is 9.47 Å². The zero-order valence-corrected chi connectivity index (χ0v) is 7.48. The number of ether oxygens (including phenoxy) is 2. The van der Waals surface area contributed by atoms with Gasteiger partial charge in [-0.1, -0.05) is 11.6 Å². The van der Waals surface area contributed by atoms with Gasteiger partial charge in [-0.3, -0.25) is 0 Å². The number of benzene rings is 1. The molecule has 1 aromatic carbocycles. The first kappa shape index (κ1) is 9.13. The van der Waals surface area contributed by atoms with Gasteiger partial charge in [-0.25, -0.2) is 4.39 Å². The van der Waals surface area contributed by atoms with Crippen molar-refractivity contribution in [3.8, 4) is 11.5 Å². The van der Waals surface area contributed by atoms with Gasteiger partial charge in [0.15, 0.2) is 0 Å². The third-order valence-corrected chi connectivity index (χ3v) is 1.79. The maximum Gasteiger partial charge on any atom is 0.149 e. The highest BCUT2D eigenvalue weighted by atomic mass is 35.5. The van der Waals surface area contributed by atoms with E-state index < -0.39 is 5.82 Å². The van der Waals surface area contributed by atoms with Crippen molar-refractivity contribution in [1.82, 2.24) is 0 Å². The zero-order valence-electron chi connectivity index (χ0n) is 6.73.